The molecule has 2 heterocycles. The van der Waals surface area contributed by atoms with Crippen LogP contribution in [0.3, 0.4) is 0 Å². The highest BCUT2D eigenvalue weighted by Gasteiger charge is 2.53. The van der Waals surface area contributed by atoms with Gasteiger partial charge in [0.25, 0.3) is 0 Å². The van der Waals surface area contributed by atoms with Gasteiger partial charge in [0.2, 0.25) is 5.91 Å². The molecule has 0 atom stereocenters. The molecule has 5 aromatic rings. The van der Waals surface area contributed by atoms with Crippen LogP contribution >= 0.6 is 22.7 Å². The Morgan fingerprint density at radius 3 is 2.19 bits per heavy atom. The molecular weight excluding hydrogens is 569 g/mol. The van der Waals surface area contributed by atoms with E-state index in [9.17, 15) is 19.8 Å². The lowest BCUT2D eigenvalue weighted by Crippen LogP contribution is -2.61. The second-order valence-electron chi connectivity index (χ2n) is 10.9. The highest BCUT2D eigenvalue weighted by molar-refractivity contribution is 7.25. The Balaban J connectivity index is 1.34. The highest BCUT2D eigenvalue weighted by atomic mass is 32.1. The first-order chi connectivity index (χ1) is 20.1. The summed E-state index contributed by atoms with van der Waals surface area (Å²) in [6.45, 7) is 1.72. The minimum absolute atomic E-state index is 0.201. The lowest BCUT2D eigenvalue weighted by molar-refractivity contribution is -0.117. The number of hydrogen-bond donors (Lipinski definition) is 4. The number of aliphatic hydroxyl groups is 1. The van der Waals surface area contributed by atoms with Crippen LogP contribution in [0.2, 0.25) is 0 Å². The van der Waals surface area contributed by atoms with Crippen LogP contribution in [0.5, 0.6) is 0 Å². The molecule has 0 radical (unpaired) electrons. The van der Waals surface area contributed by atoms with E-state index < -0.39 is 17.2 Å². The maximum absolute atomic E-state index is 11.5. The summed E-state index contributed by atoms with van der Waals surface area (Å²) in [5, 5.41) is 24.2. The summed E-state index contributed by atoms with van der Waals surface area (Å²) < 4.78 is 0. The second kappa shape index (κ2) is 10.8. The number of nitrogens with zero attached hydrogens (tertiary/aromatic N) is 2. The van der Waals surface area contributed by atoms with Gasteiger partial charge in [-0.1, -0.05) is 78.9 Å². The van der Waals surface area contributed by atoms with Gasteiger partial charge in [0, 0.05) is 30.2 Å². The SMILES string of the molecule is C[C@]1(O)C[C@](NC(=O)O)(c2ccc(-c3nc(-c4cnc(-c5ccc(CC(N)=O)cc5)s4)sc3-c3ccccc3)cc2)C1. The number of aromatic nitrogens is 2. The van der Waals surface area contributed by atoms with Gasteiger partial charge in [0.1, 0.15) is 10.0 Å². The van der Waals surface area contributed by atoms with Crippen molar-refractivity contribution >= 4 is 34.7 Å². The lowest BCUT2D eigenvalue weighted by atomic mass is 9.62. The van der Waals surface area contributed by atoms with Gasteiger partial charge >= 0.3 is 6.09 Å². The maximum Gasteiger partial charge on any atom is 0.405 e. The van der Waals surface area contributed by atoms with E-state index in [2.05, 4.69) is 22.4 Å². The number of hydrogen-bond acceptors (Lipinski definition) is 7. The van der Waals surface area contributed by atoms with E-state index in [0.717, 1.165) is 53.3 Å². The third kappa shape index (κ3) is 5.56. The normalized spacial score (nSPS) is 19.7. The molecule has 2 aromatic heterocycles. The van der Waals surface area contributed by atoms with Crippen LogP contribution in [0.15, 0.2) is 85.1 Å². The average molecular weight is 597 g/mol. The van der Waals surface area contributed by atoms with Crippen LogP contribution in [0.4, 0.5) is 4.79 Å². The Bertz CT molecular complexity index is 1750. The summed E-state index contributed by atoms with van der Waals surface area (Å²) in [6.07, 6.45) is 1.54. The van der Waals surface area contributed by atoms with E-state index >= 15 is 0 Å². The molecule has 0 unspecified atom stereocenters. The van der Waals surface area contributed by atoms with E-state index in [1.165, 1.54) is 0 Å². The van der Waals surface area contributed by atoms with Crippen LogP contribution in [-0.2, 0) is 16.8 Å². The molecule has 1 aliphatic carbocycles. The molecule has 0 saturated heterocycles. The van der Waals surface area contributed by atoms with Crippen LogP contribution in [0, 0.1) is 0 Å². The van der Waals surface area contributed by atoms with E-state index in [1.54, 1.807) is 29.6 Å². The highest BCUT2D eigenvalue weighted by Crippen LogP contribution is 2.49. The Labute approximate surface area is 250 Å². The average Bonchev–Trinajstić information content (AvgIpc) is 3.61. The molecule has 3 aromatic carbocycles. The van der Waals surface area contributed by atoms with Crippen LogP contribution < -0.4 is 11.1 Å². The van der Waals surface area contributed by atoms with Gasteiger partial charge in [0.15, 0.2) is 0 Å². The molecule has 0 spiro atoms. The van der Waals surface area contributed by atoms with E-state index in [4.69, 9.17) is 10.7 Å². The van der Waals surface area contributed by atoms with Crippen molar-refractivity contribution in [2.75, 3.05) is 0 Å². The summed E-state index contributed by atoms with van der Waals surface area (Å²) in [5.41, 5.74) is 9.00. The summed E-state index contributed by atoms with van der Waals surface area (Å²) in [5.74, 6) is -0.365. The van der Waals surface area contributed by atoms with Crippen LogP contribution in [0.25, 0.3) is 42.2 Å². The van der Waals surface area contributed by atoms with Crippen molar-refractivity contribution in [1.82, 2.24) is 15.3 Å². The van der Waals surface area contributed by atoms with Crippen molar-refractivity contribution in [3.63, 3.8) is 0 Å². The van der Waals surface area contributed by atoms with Crippen molar-refractivity contribution < 1.29 is 19.8 Å². The minimum atomic E-state index is -1.12. The van der Waals surface area contributed by atoms with Crippen molar-refractivity contribution in [2.24, 2.45) is 5.73 Å². The first-order valence-electron chi connectivity index (χ1n) is 13.4. The molecule has 42 heavy (non-hydrogen) atoms. The van der Waals surface area contributed by atoms with Gasteiger partial charge in [-0.05, 0) is 23.6 Å². The number of nitrogens with two attached hydrogens (primary N) is 1. The Morgan fingerprint density at radius 2 is 1.57 bits per heavy atom. The van der Waals surface area contributed by atoms with Gasteiger partial charge in [0.05, 0.1) is 33.0 Å². The number of primary amides is 1. The lowest BCUT2D eigenvalue weighted by Gasteiger charge is -2.51. The fourth-order valence-electron chi connectivity index (χ4n) is 5.64. The van der Waals surface area contributed by atoms with E-state index in [-0.39, 0.29) is 12.3 Å². The molecule has 1 saturated carbocycles. The Hall–Kier alpha value is -4.38. The molecule has 212 valence electrons. The van der Waals surface area contributed by atoms with E-state index in [0.29, 0.717) is 12.8 Å². The van der Waals surface area contributed by atoms with Gasteiger partial charge in [-0.2, -0.15) is 0 Å². The smallest absolute Gasteiger partial charge is 0.405 e. The van der Waals surface area contributed by atoms with Crippen molar-refractivity contribution in [1.29, 1.82) is 0 Å². The summed E-state index contributed by atoms with van der Waals surface area (Å²) in [7, 11) is 0. The van der Waals surface area contributed by atoms with Gasteiger partial charge in [-0.25, -0.2) is 14.8 Å². The zero-order valence-corrected chi connectivity index (χ0v) is 24.3. The third-order valence-corrected chi connectivity index (χ3v) is 9.70. The fraction of sp³-hybridized carbons (Fsp3) is 0.188. The largest absolute Gasteiger partial charge is 0.465 e. The molecule has 0 bridgehead atoms. The van der Waals surface area contributed by atoms with E-state index in [1.807, 2.05) is 72.9 Å². The van der Waals surface area contributed by atoms with Gasteiger partial charge in [-0.3, -0.25) is 4.79 Å². The number of amides is 2. The van der Waals surface area contributed by atoms with Gasteiger partial charge in [-0.15, -0.1) is 22.7 Å². The topological polar surface area (TPSA) is 138 Å². The second-order valence-corrected chi connectivity index (χ2v) is 12.9. The maximum atomic E-state index is 11.5. The molecule has 6 rings (SSSR count). The number of rotatable bonds is 8. The zero-order valence-electron chi connectivity index (χ0n) is 22.7. The van der Waals surface area contributed by atoms with Gasteiger partial charge < -0.3 is 21.3 Å². The number of carboxylic acid groups (broad SMARTS) is 1. The van der Waals surface area contributed by atoms with Crippen LogP contribution in [-0.4, -0.2) is 37.8 Å². The Kier molecular flexibility index (Phi) is 7.14. The summed E-state index contributed by atoms with van der Waals surface area (Å²) >= 11 is 3.15. The molecular formula is C32H28N4O4S2. The number of carbonyl (C=O) groups excluding carboxylic acids is 1. The molecule has 5 N–H and O–H groups in total. The zero-order chi connectivity index (χ0) is 29.5. The predicted octanol–water partition coefficient (Wildman–Crippen LogP) is 6.30. The molecule has 1 aliphatic rings. The van der Waals surface area contributed by atoms with Crippen molar-refractivity contribution in [3.05, 3.63) is 96.2 Å². The van der Waals surface area contributed by atoms with Crippen molar-refractivity contribution in [2.45, 2.75) is 37.3 Å². The number of thiazole rings is 2. The summed E-state index contributed by atoms with van der Waals surface area (Å²) in [6, 6.07) is 25.5. The number of benzene rings is 3. The van der Waals surface area contributed by atoms with Crippen molar-refractivity contribution in [3.8, 4) is 42.2 Å². The number of nitrogens with one attached hydrogen (secondary N) is 1. The standard InChI is InChI=1S/C32H28N4O4S2/c1-31(40)17-32(18-31,36-30(38)39)23-13-11-20(12-14-23)26-27(21-5-3-2-4-6-21)42-29(35-26)24-16-34-28(41-24)22-9-7-19(8-10-22)15-25(33)37/h2-14,16,36,40H,15,17-18H2,1H3,(H2,33,37)(H,38,39)/t31-,32+. The first-order valence-corrected chi connectivity index (χ1v) is 15.0. The molecule has 8 nitrogen and oxygen atoms in total. The molecule has 1 fully saturated rings. The fourth-order valence-corrected chi connectivity index (χ4v) is 7.70. The minimum Gasteiger partial charge on any atom is -0.465 e. The third-order valence-electron chi connectivity index (χ3n) is 7.38. The quantitative estimate of drug-likeness (QED) is 0.166. The Morgan fingerprint density at radius 1 is 0.905 bits per heavy atom. The molecule has 2 amide bonds. The summed E-state index contributed by atoms with van der Waals surface area (Å²) in [4.78, 5) is 34.4. The predicted molar refractivity (Wildman–Crippen MR) is 165 cm³/mol. The molecule has 0 aliphatic heterocycles. The number of carbonyl (C=O) groups is 2. The monoisotopic (exact) mass is 596 g/mol. The first kappa shape index (κ1) is 27.8. The molecule has 10 heteroatoms. The van der Waals surface area contributed by atoms with Crippen LogP contribution in [0.1, 0.15) is 30.9 Å².